The van der Waals surface area contributed by atoms with Gasteiger partial charge in [0.15, 0.2) is 28.5 Å². The molecule has 3 aromatic heterocycles. The molecule has 0 bridgehead atoms. The Bertz CT molecular complexity index is 1470. The van der Waals surface area contributed by atoms with Crippen LogP contribution in [0.1, 0.15) is 25.7 Å². The van der Waals surface area contributed by atoms with E-state index in [0.717, 1.165) is 16.9 Å². The van der Waals surface area contributed by atoms with E-state index >= 15 is 0 Å². The van der Waals surface area contributed by atoms with E-state index in [2.05, 4.69) is 39.4 Å². The molecule has 0 amide bonds. The molecule has 0 atom stereocenters. The van der Waals surface area contributed by atoms with Gasteiger partial charge in [0.2, 0.25) is 11.7 Å². The second kappa shape index (κ2) is 9.61. The highest BCUT2D eigenvalue weighted by atomic mass is 16.5. The number of benzene rings is 2. The number of nitrogens with one attached hydrogen (secondary N) is 3. The van der Waals surface area contributed by atoms with Crippen LogP contribution in [0.15, 0.2) is 42.7 Å². The summed E-state index contributed by atoms with van der Waals surface area (Å²) in [4.78, 5) is 22.0. The summed E-state index contributed by atoms with van der Waals surface area (Å²) >= 11 is 0. The van der Waals surface area contributed by atoms with Crippen LogP contribution in [0.5, 0.6) is 17.2 Å². The fourth-order valence-electron chi connectivity index (χ4n) is 4.01. The number of fused-ring (bicyclic) bond motifs is 2. The van der Waals surface area contributed by atoms with E-state index in [1.165, 1.54) is 0 Å². The SMILES string of the molecule is COc1cc(Nc2nc(NCc3nc4ccccc4[nH]3)c3ncn(C(C)C)c3n2)cc(OC)c1OC. The normalized spacial score (nSPS) is 11.3. The number of aromatic nitrogens is 6. The van der Waals surface area contributed by atoms with Gasteiger partial charge in [-0.1, -0.05) is 12.1 Å². The molecule has 186 valence electrons. The topological polar surface area (TPSA) is 124 Å². The lowest BCUT2D eigenvalue weighted by Crippen LogP contribution is -2.08. The van der Waals surface area contributed by atoms with Crippen molar-refractivity contribution in [3.8, 4) is 17.2 Å². The predicted octanol–water partition coefficient (Wildman–Crippen LogP) is 4.67. The maximum atomic E-state index is 5.48. The smallest absolute Gasteiger partial charge is 0.231 e. The van der Waals surface area contributed by atoms with Crippen molar-refractivity contribution in [2.75, 3.05) is 32.0 Å². The minimum absolute atomic E-state index is 0.169. The van der Waals surface area contributed by atoms with Crippen LogP contribution in [-0.2, 0) is 6.54 Å². The zero-order valence-electron chi connectivity index (χ0n) is 20.8. The molecule has 2 aromatic carbocycles. The summed E-state index contributed by atoms with van der Waals surface area (Å²) in [6.45, 7) is 4.60. The Kier molecular flexibility index (Phi) is 6.19. The van der Waals surface area contributed by atoms with E-state index in [9.17, 15) is 0 Å². The summed E-state index contributed by atoms with van der Waals surface area (Å²) < 4.78 is 18.4. The van der Waals surface area contributed by atoms with Crippen molar-refractivity contribution in [1.82, 2.24) is 29.5 Å². The summed E-state index contributed by atoms with van der Waals surface area (Å²) in [7, 11) is 4.72. The number of aromatic amines is 1. The first-order valence-electron chi connectivity index (χ1n) is 11.5. The molecule has 0 saturated carbocycles. The minimum Gasteiger partial charge on any atom is -0.493 e. The van der Waals surface area contributed by atoms with Gasteiger partial charge in [-0.15, -0.1) is 0 Å². The second-order valence-corrected chi connectivity index (χ2v) is 8.41. The fourth-order valence-corrected chi connectivity index (χ4v) is 4.01. The predicted molar refractivity (Wildman–Crippen MR) is 139 cm³/mol. The van der Waals surface area contributed by atoms with E-state index in [4.69, 9.17) is 24.2 Å². The Hall–Kier alpha value is -4.54. The fraction of sp³-hybridized carbons (Fsp3) is 0.280. The summed E-state index contributed by atoms with van der Waals surface area (Å²) in [6, 6.07) is 11.7. The second-order valence-electron chi connectivity index (χ2n) is 8.41. The first-order valence-corrected chi connectivity index (χ1v) is 11.5. The molecule has 0 fully saturated rings. The summed E-state index contributed by atoms with van der Waals surface area (Å²) in [5, 5.41) is 6.65. The van der Waals surface area contributed by atoms with E-state index in [1.54, 1.807) is 39.8 Å². The summed E-state index contributed by atoms with van der Waals surface area (Å²) in [5.74, 6) is 3.34. The highest BCUT2D eigenvalue weighted by Gasteiger charge is 2.18. The molecule has 0 unspecified atom stereocenters. The quantitative estimate of drug-likeness (QED) is 0.272. The summed E-state index contributed by atoms with van der Waals surface area (Å²) in [6.07, 6.45) is 1.78. The monoisotopic (exact) mass is 488 g/mol. The van der Waals surface area contributed by atoms with E-state index < -0.39 is 0 Å². The van der Waals surface area contributed by atoms with Crippen LogP contribution in [-0.4, -0.2) is 50.8 Å². The summed E-state index contributed by atoms with van der Waals surface area (Å²) in [5.41, 5.74) is 3.96. The molecule has 5 aromatic rings. The van der Waals surface area contributed by atoms with E-state index in [0.29, 0.717) is 52.4 Å². The first-order chi connectivity index (χ1) is 17.5. The average Bonchev–Trinajstić information content (AvgIpc) is 3.50. The van der Waals surface area contributed by atoms with Crippen LogP contribution in [0.3, 0.4) is 0 Å². The third-order valence-corrected chi connectivity index (χ3v) is 5.76. The number of H-pyrrole nitrogens is 1. The number of imidazole rings is 2. The molecule has 0 aliphatic carbocycles. The maximum Gasteiger partial charge on any atom is 0.231 e. The van der Waals surface area contributed by atoms with Gasteiger partial charge < -0.3 is 34.4 Å². The number of ether oxygens (including phenoxy) is 3. The highest BCUT2D eigenvalue weighted by Crippen LogP contribution is 2.40. The largest absolute Gasteiger partial charge is 0.493 e. The molecule has 3 N–H and O–H groups in total. The van der Waals surface area contributed by atoms with Crippen LogP contribution in [0.2, 0.25) is 0 Å². The van der Waals surface area contributed by atoms with Crippen molar-refractivity contribution in [2.45, 2.75) is 26.4 Å². The van der Waals surface area contributed by atoms with Gasteiger partial charge in [-0.3, -0.25) is 0 Å². The molecular weight excluding hydrogens is 460 g/mol. The van der Waals surface area contributed by atoms with E-state index in [-0.39, 0.29) is 6.04 Å². The molecule has 0 spiro atoms. The van der Waals surface area contributed by atoms with Gasteiger partial charge >= 0.3 is 0 Å². The van der Waals surface area contributed by atoms with Crippen molar-refractivity contribution in [3.63, 3.8) is 0 Å². The number of anilines is 3. The zero-order valence-corrected chi connectivity index (χ0v) is 20.8. The Morgan fingerprint density at radius 1 is 0.972 bits per heavy atom. The van der Waals surface area contributed by atoms with Gasteiger partial charge in [-0.05, 0) is 26.0 Å². The van der Waals surface area contributed by atoms with E-state index in [1.807, 2.05) is 28.8 Å². The average molecular weight is 489 g/mol. The number of nitrogens with zero attached hydrogens (tertiary/aromatic N) is 5. The van der Waals surface area contributed by atoms with Gasteiger partial charge in [0.1, 0.15) is 5.82 Å². The van der Waals surface area contributed by atoms with Crippen LogP contribution in [0.25, 0.3) is 22.2 Å². The molecule has 0 radical (unpaired) electrons. The molecule has 3 heterocycles. The Morgan fingerprint density at radius 2 is 1.72 bits per heavy atom. The number of rotatable bonds is 9. The van der Waals surface area contributed by atoms with Gasteiger partial charge in [0.25, 0.3) is 0 Å². The van der Waals surface area contributed by atoms with Crippen molar-refractivity contribution in [3.05, 3.63) is 48.5 Å². The molecular formula is C25H28N8O3. The third kappa shape index (κ3) is 4.30. The van der Waals surface area contributed by atoms with Crippen LogP contribution in [0.4, 0.5) is 17.5 Å². The minimum atomic E-state index is 0.169. The van der Waals surface area contributed by atoms with Crippen molar-refractivity contribution >= 4 is 39.7 Å². The lowest BCUT2D eigenvalue weighted by Gasteiger charge is -2.15. The van der Waals surface area contributed by atoms with Gasteiger partial charge in [0.05, 0.1) is 45.2 Å². The maximum absolute atomic E-state index is 5.48. The van der Waals surface area contributed by atoms with Crippen LogP contribution < -0.4 is 24.8 Å². The molecule has 36 heavy (non-hydrogen) atoms. The number of hydrogen-bond donors (Lipinski definition) is 3. The molecule has 11 heteroatoms. The Morgan fingerprint density at radius 3 is 2.39 bits per heavy atom. The van der Waals surface area contributed by atoms with Gasteiger partial charge in [-0.2, -0.15) is 9.97 Å². The molecule has 11 nitrogen and oxygen atoms in total. The Labute approximate surface area is 207 Å². The molecule has 5 rings (SSSR count). The van der Waals surface area contributed by atoms with Crippen molar-refractivity contribution in [1.29, 1.82) is 0 Å². The van der Waals surface area contributed by atoms with Crippen molar-refractivity contribution < 1.29 is 14.2 Å². The van der Waals surface area contributed by atoms with Crippen LogP contribution in [0, 0.1) is 0 Å². The lowest BCUT2D eigenvalue weighted by atomic mass is 10.2. The van der Waals surface area contributed by atoms with Crippen molar-refractivity contribution in [2.24, 2.45) is 0 Å². The number of para-hydroxylation sites is 2. The third-order valence-electron chi connectivity index (χ3n) is 5.76. The zero-order chi connectivity index (χ0) is 25.2. The Balaban J connectivity index is 1.51. The number of methoxy groups -OCH3 is 3. The van der Waals surface area contributed by atoms with Gasteiger partial charge in [-0.25, -0.2) is 9.97 Å². The standard InChI is InChI=1S/C25H28N8O3/c1-14(2)33-13-27-21-23(26-12-20-29-16-8-6-7-9-17(16)30-20)31-25(32-24(21)33)28-15-10-18(34-3)22(36-5)19(11-15)35-4/h6-11,13-14H,12H2,1-5H3,(H,29,30)(H2,26,28,31,32). The number of hydrogen-bond acceptors (Lipinski definition) is 9. The first kappa shape index (κ1) is 23.2. The van der Waals surface area contributed by atoms with Crippen LogP contribution >= 0.6 is 0 Å². The molecule has 0 aliphatic rings. The molecule has 0 saturated heterocycles. The van der Waals surface area contributed by atoms with Gasteiger partial charge in [0, 0.05) is 23.9 Å². The highest BCUT2D eigenvalue weighted by molar-refractivity contribution is 5.85. The molecule has 0 aliphatic heterocycles. The lowest BCUT2D eigenvalue weighted by molar-refractivity contribution is 0.324.